The Bertz CT molecular complexity index is 995. The molecule has 1 aliphatic carbocycles. The topological polar surface area (TPSA) is 83.8 Å². The van der Waals surface area contributed by atoms with E-state index in [-0.39, 0.29) is 5.91 Å². The van der Waals surface area contributed by atoms with E-state index in [4.69, 9.17) is 5.73 Å². The van der Waals surface area contributed by atoms with Crippen LogP contribution in [0.1, 0.15) is 31.9 Å². The molecule has 1 amide bonds. The highest BCUT2D eigenvalue weighted by atomic mass is 19.1. The maximum Gasteiger partial charge on any atom is 0.231 e. The van der Waals surface area contributed by atoms with Crippen molar-refractivity contribution in [2.24, 2.45) is 5.92 Å². The molecule has 1 aliphatic rings. The summed E-state index contributed by atoms with van der Waals surface area (Å²) in [5.41, 5.74) is 10.1. The Balaban J connectivity index is 1.72. The molecule has 2 aromatic heterocycles. The molecule has 4 N–H and O–H groups in total. The Hall–Kier alpha value is -2.89. The number of aromatic amines is 1. The average molecular weight is 352 g/mol. The summed E-state index contributed by atoms with van der Waals surface area (Å²) in [6, 6.07) is 7.79. The van der Waals surface area contributed by atoms with E-state index in [0.717, 1.165) is 27.6 Å². The number of hydrogen-bond donors (Lipinski definition) is 3. The second kappa shape index (κ2) is 6.12. The number of halogens is 1. The maximum absolute atomic E-state index is 13.0. The summed E-state index contributed by atoms with van der Waals surface area (Å²) in [5.74, 6) is -0.0914. The number of nitrogens with two attached hydrogens (primary N) is 1. The number of pyridine rings is 1. The van der Waals surface area contributed by atoms with E-state index in [1.54, 1.807) is 12.3 Å². The molecule has 0 radical (unpaired) electrons. The molecule has 6 heteroatoms. The number of carbonyl (C=O) groups excluding carboxylic acids is 1. The van der Waals surface area contributed by atoms with Gasteiger partial charge in [0.25, 0.3) is 0 Å². The molecule has 1 aromatic carbocycles. The standard InChI is InChI=1S/C20H21FN4O/c1-10(2)19-13(3-4-23-19)11-5-12-7-18(24-9-15(12)17(22)6-11)25-20(26)14-8-16(14)21/h3-7,9-10,14,16,23H,8,22H2,1-2H3,(H,24,25,26)/t14-,16+/m1/s1. The minimum atomic E-state index is -1.03. The molecule has 1 fully saturated rings. The fourth-order valence-corrected chi connectivity index (χ4v) is 3.28. The van der Waals surface area contributed by atoms with Crippen molar-refractivity contribution in [3.05, 3.63) is 42.4 Å². The van der Waals surface area contributed by atoms with E-state index in [2.05, 4.69) is 29.1 Å². The monoisotopic (exact) mass is 352 g/mol. The molecule has 2 atom stereocenters. The summed E-state index contributed by atoms with van der Waals surface area (Å²) in [5, 5.41) is 4.40. The van der Waals surface area contributed by atoms with E-state index in [0.29, 0.717) is 23.8 Å². The molecule has 26 heavy (non-hydrogen) atoms. The molecule has 5 nitrogen and oxygen atoms in total. The molecule has 0 bridgehead atoms. The van der Waals surface area contributed by atoms with Crippen molar-refractivity contribution in [1.29, 1.82) is 0 Å². The van der Waals surface area contributed by atoms with Crippen LogP contribution in [0, 0.1) is 5.92 Å². The van der Waals surface area contributed by atoms with Gasteiger partial charge in [-0.2, -0.15) is 0 Å². The molecule has 3 aromatic rings. The minimum Gasteiger partial charge on any atom is -0.398 e. The first-order chi connectivity index (χ1) is 12.4. The molecular formula is C20H21FN4O. The van der Waals surface area contributed by atoms with E-state index >= 15 is 0 Å². The number of nitrogens with zero attached hydrogens (tertiary/aromatic N) is 1. The Kier molecular flexibility index (Phi) is 3.90. The summed E-state index contributed by atoms with van der Waals surface area (Å²) in [7, 11) is 0. The minimum absolute atomic E-state index is 0.294. The van der Waals surface area contributed by atoms with Gasteiger partial charge in [-0.15, -0.1) is 0 Å². The Labute approximate surface area is 150 Å². The highest BCUT2D eigenvalue weighted by Gasteiger charge is 2.43. The summed E-state index contributed by atoms with van der Waals surface area (Å²) in [6.07, 6.45) is 2.83. The SMILES string of the molecule is CC(C)c1[nH]ccc1-c1cc(N)c2cnc(NC(=O)[C@@H]3C[C@@H]3F)cc2c1. The van der Waals surface area contributed by atoms with Crippen LogP contribution >= 0.6 is 0 Å². The number of H-pyrrole nitrogens is 1. The van der Waals surface area contributed by atoms with Gasteiger partial charge < -0.3 is 16.0 Å². The van der Waals surface area contributed by atoms with Gasteiger partial charge in [0.15, 0.2) is 0 Å². The van der Waals surface area contributed by atoms with Gasteiger partial charge in [0.2, 0.25) is 5.91 Å². The Morgan fingerprint density at radius 1 is 1.38 bits per heavy atom. The van der Waals surface area contributed by atoms with Crippen LogP contribution in [-0.4, -0.2) is 22.0 Å². The predicted octanol–water partition coefficient (Wildman–Crippen LogP) is 4.23. The van der Waals surface area contributed by atoms with Gasteiger partial charge in [0.1, 0.15) is 12.0 Å². The summed E-state index contributed by atoms with van der Waals surface area (Å²) < 4.78 is 13.0. The number of aromatic nitrogens is 2. The first-order valence-electron chi connectivity index (χ1n) is 8.76. The van der Waals surface area contributed by atoms with Crippen LogP contribution in [0.25, 0.3) is 21.9 Å². The van der Waals surface area contributed by atoms with Crippen molar-refractivity contribution in [1.82, 2.24) is 9.97 Å². The molecule has 2 heterocycles. The number of nitrogen functional groups attached to an aromatic ring is 1. The molecule has 0 unspecified atom stereocenters. The zero-order chi connectivity index (χ0) is 18.4. The number of amides is 1. The highest BCUT2D eigenvalue weighted by molar-refractivity contribution is 6.00. The van der Waals surface area contributed by atoms with Crippen LogP contribution in [0.2, 0.25) is 0 Å². The van der Waals surface area contributed by atoms with Crippen LogP contribution in [0.4, 0.5) is 15.9 Å². The third-order valence-corrected chi connectivity index (χ3v) is 4.84. The Morgan fingerprint density at radius 2 is 2.15 bits per heavy atom. The van der Waals surface area contributed by atoms with Crippen molar-refractivity contribution in [3.8, 4) is 11.1 Å². The number of benzene rings is 1. The zero-order valence-electron chi connectivity index (χ0n) is 14.7. The number of fused-ring (bicyclic) bond motifs is 1. The number of anilines is 2. The highest BCUT2D eigenvalue weighted by Crippen LogP contribution is 2.36. The van der Waals surface area contributed by atoms with Gasteiger partial charge in [0.05, 0.1) is 5.92 Å². The molecule has 4 rings (SSSR count). The van der Waals surface area contributed by atoms with Gasteiger partial charge in [-0.05, 0) is 47.6 Å². The molecular weight excluding hydrogens is 331 g/mol. The molecule has 134 valence electrons. The number of nitrogens with one attached hydrogen (secondary N) is 2. The number of hydrogen-bond acceptors (Lipinski definition) is 3. The molecule has 0 aliphatic heterocycles. The summed E-state index contributed by atoms with van der Waals surface area (Å²) in [4.78, 5) is 19.5. The van der Waals surface area contributed by atoms with Crippen LogP contribution < -0.4 is 11.1 Å². The van der Waals surface area contributed by atoms with Crippen LogP contribution in [0.5, 0.6) is 0 Å². The third-order valence-electron chi connectivity index (χ3n) is 4.84. The lowest BCUT2D eigenvalue weighted by molar-refractivity contribution is -0.117. The third kappa shape index (κ3) is 2.92. The van der Waals surface area contributed by atoms with Crippen LogP contribution in [0.3, 0.4) is 0 Å². The second-order valence-corrected chi connectivity index (χ2v) is 7.16. The maximum atomic E-state index is 13.0. The lowest BCUT2D eigenvalue weighted by atomic mass is 9.97. The molecule has 0 saturated heterocycles. The summed E-state index contributed by atoms with van der Waals surface area (Å²) >= 11 is 0. The predicted molar refractivity (Wildman–Crippen MR) is 102 cm³/mol. The number of alkyl halides is 1. The quantitative estimate of drug-likeness (QED) is 0.614. The van der Waals surface area contributed by atoms with Crippen molar-refractivity contribution >= 4 is 28.2 Å². The lowest BCUT2D eigenvalue weighted by Crippen LogP contribution is -2.15. The average Bonchev–Trinajstić information content (AvgIpc) is 3.13. The van der Waals surface area contributed by atoms with Gasteiger partial charge >= 0.3 is 0 Å². The van der Waals surface area contributed by atoms with Crippen molar-refractivity contribution < 1.29 is 9.18 Å². The first-order valence-corrected chi connectivity index (χ1v) is 8.76. The van der Waals surface area contributed by atoms with E-state index in [1.165, 1.54) is 0 Å². The largest absolute Gasteiger partial charge is 0.398 e. The fraction of sp³-hybridized carbons (Fsp3) is 0.300. The summed E-state index contributed by atoms with van der Waals surface area (Å²) in [6.45, 7) is 4.26. The second-order valence-electron chi connectivity index (χ2n) is 7.16. The van der Waals surface area contributed by atoms with Gasteiger partial charge in [-0.25, -0.2) is 9.37 Å². The van der Waals surface area contributed by atoms with E-state index in [1.807, 2.05) is 24.4 Å². The number of carbonyl (C=O) groups is 1. The normalized spacial score (nSPS) is 19.1. The molecule has 0 spiro atoms. The smallest absolute Gasteiger partial charge is 0.231 e. The molecule has 1 saturated carbocycles. The van der Waals surface area contributed by atoms with Crippen molar-refractivity contribution in [3.63, 3.8) is 0 Å². The van der Waals surface area contributed by atoms with E-state index < -0.39 is 12.1 Å². The van der Waals surface area contributed by atoms with Crippen LogP contribution in [-0.2, 0) is 4.79 Å². The van der Waals surface area contributed by atoms with E-state index in [9.17, 15) is 9.18 Å². The van der Waals surface area contributed by atoms with Gasteiger partial charge in [-0.3, -0.25) is 4.79 Å². The number of rotatable bonds is 4. The fourth-order valence-electron chi connectivity index (χ4n) is 3.28. The lowest BCUT2D eigenvalue weighted by Gasteiger charge is -2.11. The first kappa shape index (κ1) is 16.6. The Morgan fingerprint density at radius 3 is 2.85 bits per heavy atom. The van der Waals surface area contributed by atoms with Crippen molar-refractivity contribution in [2.75, 3.05) is 11.1 Å². The van der Waals surface area contributed by atoms with Gasteiger partial charge in [0, 0.05) is 34.7 Å². The zero-order valence-corrected chi connectivity index (χ0v) is 14.7. The van der Waals surface area contributed by atoms with Gasteiger partial charge in [-0.1, -0.05) is 13.8 Å². The van der Waals surface area contributed by atoms with Crippen molar-refractivity contribution in [2.45, 2.75) is 32.4 Å². The van der Waals surface area contributed by atoms with Crippen LogP contribution in [0.15, 0.2) is 36.7 Å².